The van der Waals surface area contributed by atoms with Crippen molar-refractivity contribution < 1.29 is 14.3 Å². The first kappa shape index (κ1) is 17.2. The van der Waals surface area contributed by atoms with E-state index in [9.17, 15) is 9.59 Å². The lowest BCUT2D eigenvalue weighted by Gasteiger charge is -2.43. The average Bonchev–Trinajstić information content (AvgIpc) is 2.92. The van der Waals surface area contributed by atoms with Crippen molar-refractivity contribution in [1.29, 1.82) is 0 Å². The molecule has 0 aromatic heterocycles. The highest BCUT2D eigenvalue weighted by Gasteiger charge is 2.40. The summed E-state index contributed by atoms with van der Waals surface area (Å²) in [7, 11) is 0. The van der Waals surface area contributed by atoms with Crippen LogP contribution in [0.25, 0.3) is 0 Å². The Hall–Kier alpha value is -1.68. The number of nitrogens with zero attached hydrogens (tertiary/aromatic N) is 1. The van der Waals surface area contributed by atoms with Crippen LogP contribution in [-0.4, -0.2) is 36.0 Å². The van der Waals surface area contributed by atoms with Gasteiger partial charge in [0.25, 0.3) is 0 Å². The van der Waals surface area contributed by atoms with E-state index in [0.717, 1.165) is 25.9 Å². The van der Waals surface area contributed by atoms with E-state index in [0.29, 0.717) is 25.3 Å². The predicted octanol–water partition coefficient (Wildman–Crippen LogP) is 3.30. The Labute approximate surface area is 144 Å². The van der Waals surface area contributed by atoms with Crippen molar-refractivity contribution in [3.63, 3.8) is 0 Å². The SMILES string of the molecule is CC(C)[C@@H]1C[C@](CCN2C(=O)CCC2=O)(c2ccccc2)CCO1. The van der Waals surface area contributed by atoms with Crippen LogP contribution < -0.4 is 0 Å². The van der Waals surface area contributed by atoms with Crippen molar-refractivity contribution in [3.8, 4) is 0 Å². The molecule has 4 nitrogen and oxygen atoms in total. The van der Waals surface area contributed by atoms with Gasteiger partial charge < -0.3 is 4.74 Å². The highest BCUT2D eigenvalue weighted by atomic mass is 16.5. The number of hydrogen-bond donors (Lipinski definition) is 0. The van der Waals surface area contributed by atoms with Crippen LogP contribution in [-0.2, 0) is 19.7 Å². The van der Waals surface area contributed by atoms with E-state index in [1.165, 1.54) is 10.5 Å². The monoisotopic (exact) mass is 329 g/mol. The average molecular weight is 329 g/mol. The molecule has 2 heterocycles. The first-order valence-electron chi connectivity index (χ1n) is 9.02. The van der Waals surface area contributed by atoms with Gasteiger partial charge in [0.1, 0.15) is 0 Å². The Morgan fingerprint density at radius 3 is 2.46 bits per heavy atom. The summed E-state index contributed by atoms with van der Waals surface area (Å²) in [6.45, 7) is 5.65. The third-order valence-electron chi connectivity index (χ3n) is 5.60. The van der Waals surface area contributed by atoms with Crippen LogP contribution in [0.1, 0.15) is 51.5 Å². The minimum Gasteiger partial charge on any atom is -0.378 e. The number of carbonyl (C=O) groups excluding carboxylic acids is 2. The zero-order valence-corrected chi connectivity index (χ0v) is 14.7. The quantitative estimate of drug-likeness (QED) is 0.779. The summed E-state index contributed by atoms with van der Waals surface area (Å²) in [5, 5.41) is 0. The maximum absolute atomic E-state index is 12.0. The van der Waals surface area contributed by atoms with E-state index in [1.807, 2.05) is 6.07 Å². The maximum Gasteiger partial charge on any atom is 0.229 e. The fourth-order valence-electron chi connectivity index (χ4n) is 4.00. The van der Waals surface area contributed by atoms with E-state index in [4.69, 9.17) is 4.74 Å². The van der Waals surface area contributed by atoms with E-state index in [-0.39, 0.29) is 23.3 Å². The smallest absolute Gasteiger partial charge is 0.229 e. The molecular formula is C20H27NO3. The summed E-state index contributed by atoms with van der Waals surface area (Å²) >= 11 is 0. The van der Waals surface area contributed by atoms with E-state index < -0.39 is 0 Å². The van der Waals surface area contributed by atoms with Crippen molar-refractivity contribution in [1.82, 2.24) is 4.90 Å². The summed E-state index contributed by atoms with van der Waals surface area (Å²) in [6.07, 6.45) is 3.68. The molecule has 2 atom stereocenters. The van der Waals surface area contributed by atoms with Crippen LogP contribution in [0, 0.1) is 5.92 Å². The summed E-state index contributed by atoms with van der Waals surface area (Å²) in [5.41, 5.74) is 1.29. The molecule has 0 saturated carbocycles. The molecule has 0 radical (unpaired) electrons. The van der Waals surface area contributed by atoms with Gasteiger partial charge >= 0.3 is 0 Å². The van der Waals surface area contributed by atoms with Crippen LogP contribution in [0.5, 0.6) is 0 Å². The number of rotatable bonds is 5. The van der Waals surface area contributed by atoms with Gasteiger partial charge in [0.05, 0.1) is 6.10 Å². The molecule has 0 N–H and O–H groups in total. The predicted molar refractivity (Wildman–Crippen MR) is 92.5 cm³/mol. The zero-order valence-electron chi connectivity index (χ0n) is 14.7. The largest absolute Gasteiger partial charge is 0.378 e. The van der Waals surface area contributed by atoms with Crippen LogP contribution >= 0.6 is 0 Å². The van der Waals surface area contributed by atoms with Crippen molar-refractivity contribution in [2.24, 2.45) is 5.92 Å². The van der Waals surface area contributed by atoms with E-state index in [2.05, 4.69) is 38.1 Å². The Morgan fingerprint density at radius 2 is 1.83 bits per heavy atom. The van der Waals surface area contributed by atoms with Gasteiger partial charge in [0.2, 0.25) is 11.8 Å². The molecule has 3 rings (SSSR count). The highest BCUT2D eigenvalue weighted by molar-refractivity contribution is 6.01. The summed E-state index contributed by atoms with van der Waals surface area (Å²) in [5.74, 6) is 0.426. The van der Waals surface area contributed by atoms with Crippen LogP contribution in [0.3, 0.4) is 0 Å². The van der Waals surface area contributed by atoms with Gasteiger partial charge in [-0.2, -0.15) is 0 Å². The first-order chi connectivity index (χ1) is 11.5. The molecule has 2 aliphatic rings. The Balaban J connectivity index is 1.82. The van der Waals surface area contributed by atoms with E-state index >= 15 is 0 Å². The van der Waals surface area contributed by atoms with Crippen molar-refractivity contribution in [2.75, 3.05) is 13.2 Å². The second-order valence-electron chi connectivity index (χ2n) is 7.44. The normalized spacial score (nSPS) is 28.0. The molecule has 4 heteroatoms. The third-order valence-corrected chi connectivity index (χ3v) is 5.60. The van der Waals surface area contributed by atoms with Crippen molar-refractivity contribution >= 4 is 11.8 Å². The first-order valence-corrected chi connectivity index (χ1v) is 9.02. The lowest BCUT2D eigenvalue weighted by Crippen LogP contribution is -2.43. The number of carbonyl (C=O) groups is 2. The second-order valence-corrected chi connectivity index (χ2v) is 7.44. The van der Waals surface area contributed by atoms with Gasteiger partial charge in [-0.25, -0.2) is 0 Å². The molecule has 0 unspecified atom stereocenters. The van der Waals surface area contributed by atoms with Crippen LogP contribution in [0.15, 0.2) is 30.3 Å². The molecule has 2 saturated heterocycles. The molecule has 1 aromatic carbocycles. The number of amides is 2. The number of benzene rings is 1. The minimum absolute atomic E-state index is 0.0163. The van der Waals surface area contributed by atoms with Gasteiger partial charge in [0, 0.05) is 31.4 Å². The maximum atomic E-state index is 12.0. The van der Waals surface area contributed by atoms with Crippen molar-refractivity contribution in [3.05, 3.63) is 35.9 Å². The Bertz CT molecular complexity index is 582. The number of imide groups is 1. The summed E-state index contributed by atoms with van der Waals surface area (Å²) in [6, 6.07) is 10.5. The number of likely N-dealkylation sites (tertiary alicyclic amines) is 1. The fraction of sp³-hybridized carbons (Fsp3) is 0.600. The van der Waals surface area contributed by atoms with Gasteiger partial charge in [0.15, 0.2) is 0 Å². The zero-order chi connectivity index (χ0) is 17.2. The Morgan fingerprint density at radius 1 is 1.17 bits per heavy atom. The topological polar surface area (TPSA) is 46.6 Å². The molecule has 2 amide bonds. The fourth-order valence-corrected chi connectivity index (χ4v) is 4.00. The number of hydrogen-bond acceptors (Lipinski definition) is 3. The molecule has 2 aliphatic heterocycles. The van der Waals surface area contributed by atoms with Gasteiger partial charge in [-0.05, 0) is 30.7 Å². The molecule has 2 fully saturated rings. The Kier molecular flexibility index (Phi) is 5.04. The number of ether oxygens (including phenoxy) is 1. The lowest BCUT2D eigenvalue weighted by atomic mass is 9.68. The van der Waals surface area contributed by atoms with Gasteiger partial charge in [-0.1, -0.05) is 44.2 Å². The molecule has 0 bridgehead atoms. The van der Waals surface area contributed by atoms with Crippen LogP contribution in [0.4, 0.5) is 0 Å². The van der Waals surface area contributed by atoms with Crippen LogP contribution in [0.2, 0.25) is 0 Å². The molecule has 24 heavy (non-hydrogen) atoms. The summed E-state index contributed by atoms with van der Waals surface area (Å²) in [4.78, 5) is 25.4. The minimum atomic E-state index is -0.0179. The molecule has 130 valence electrons. The van der Waals surface area contributed by atoms with E-state index in [1.54, 1.807) is 0 Å². The standard InChI is InChI=1S/C20H27NO3/c1-15(2)17-14-20(11-13-24-17,16-6-4-3-5-7-16)10-12-21-18(22)8-9-19(21)23/h3-7,15,17H,8-14H2,1-2H3/t17-,20+/m0/s1. The molecule has 0 aliphatic carbocycles. The molecular weight excluding hydrogens is 302 g/mol. The summed E-state index contributed by atoms with van der Waals surface area (Å²) < 4.78 is 5.98. The molecule has 1 aromatic rings. The molecule has 0 spiro atoms. The second kappa shape index (κ2) is 7.06. The third kappa shape index (κ3) is 3.39. The lowest BCUT2D eigenvalue weighted by molar-refractivity contribution is -0.138. The van der Waals surface area contributed by atoms with Crippen molar-refractivity contribution in [2.45, 2.75) is 57.5 Å². The van der Waals surface area contributed by atoms with Gasteiger partial charge in [-0.15, -0.1) is 0 Å². The van der Waals surface area contributed by atoms with Gasteiger partial charge in [-0.3, -0.25) is 14.5 Å². The highest BCUT2D eigenvalue weighted by Crippen LogP contribution is 2.42.